The molecule has 0 spiro atoms. The van der Waals surface area contributed by atoms with Crippen molar-refractivity contribution in [1.82, 2.24) is 15.5 Å². The molecule has 19 heavy (non-hydrogen) atoms. The maximum atomic E-state index is 4.26. The number of aromatic nitrogens is 2. The smallest absolute Gasteiger partial charge is 0.148 e. The van der Waals surface area contributed by atoms with Gasteiger partial charge in [0.05, 0.1) is 5.69 Å². The Kier molecular flexibility index (Phi) is 5.58. The molecule has 1 aromatic heterocycles. The second-order valence-electron chi connectivity index (χ2n) is 5.92. The molecule has 2 N–H and O–H groups in total. The molecule has 1 saturated heterocycles. The molecule has 106 valence electrons. The summed E-state index contributed by atoms with van der Waals surface area (Å²) in [6, 6.07) is 4.13. The largest absolute Gasteiger partial charge is 0.369 e. The van der Waals surface area contributed by atoms with Crippen LogP contribution in [0.5, 0.6) is 0 Å². The minimum atomic E-state index is 0.632. The quantitative estimate of drug-likeness (QED) is 0.827. The molecule has 0 unspecified atom stereocenters. The molecule has 0 aliphatic carbocycles. The second-order valence-corrected chi connectivity index (χ2v) is 5.92. The number of nitrogens with zero attached hydrogens (tertiary/aromatic N) is 2. The summed E-state index contributed by atoms with van der Waals surface area (Å²) in [6.07, 6.45) is 4.85. The van der Waals surface area contributed by atoms with Gasteiger partial charge in [-0.1, -0.05) is 13.8 Å². The maximum Gasteiger partial charge on any atom is 0.148 e. The molecule has 1 aliphatic heterocycles. The lowest BCUT2D eigenvalue weighted by Gasteiger charge is -2.22. The van der Waals surface area contributed by atoms with Crippen molar-refractivity contribution in [2.45, 2.75) is 39.5 Å². The van der Waals surface area contributed by atoms with Crippen LogP contribution in [0.2, 0.25) is 0 Å². The van der Waals surface area contributed by atoms with Gasteiger partial charge in [-0.3, -0.25) is 0 Å². The van der Waals surface area contributed by atoms with Crippen molar-refractivity contribution in [3.8, 4) is 0 Å². The van der Waals surface area contributed by atoms with Crippen molar-refractivity contribution in [2.75, 3.05) is 25.0 Å². The van der Waals surface area contributed by atoms with E-state index >= 15 is 0 Å². The topological polar surface area (TPSA) is 49.8 Å². The zero-order valence-corrected chi connectivity index (χ0v) is 12.2. The molecular formula is C15H26N4. The zero-order valence-electron chi connectivity index (χ0n) is 12.2. The third-order valence-electron chi connectivity index (χ3n) is 3.65. The minimum Gasteiger partial charge on any atom is -0.369 e. The van der Waals surface area contributed by atoms with Gasteiger partial charge in [0, 0.05) is 6.54 Å². The molecular weight excluding hydrogens is 236 g/mol. The Labute approximate surface area is 116 Å². The Balaban J connectivity index is 1.70. The number of hydrogen-bond acceptors (Lipinski definition) is 4. The molecule has 0 saturated carbocycles. The van der Waals surface area contributed by atoms with E-state index in [1.165, 1.54) is 32.4 Å². The van der Waals surface area contributed by atoms with Crippen molar-refractivity contribution < 1.29 is 0 Å². The molecule has 0 aromatic carbocycles. The second kappa shape index (κ2) is 7.43. The van der Waals surface area contributed by atoms with Crippen molar-refractivity contribution in [3.05, 3.63) is 17.8 Å². The van der Waals surface area contributed by atoms with Gasteiger partial charge in [0.15, 0.2) is 0 Å². The Morgan fingerprint density at radius 1 is 1.26 bits per heavy atom. The number of hydrogen-bond donors (Lipinski definition) is 2. The number of anilines is 1. The number of nitrogens with one attached hydrogen (secondary N) is 2. The summed E-state index contributed by atoms with van der Waals surface area (Å²) >= 11 is 0. The van der Waals surface area contributed by atoms with Crippen LogP contribution in [0.3, 0.4) is 0 Å². The summed E-state index contributed by atoms with van der Waals surface area (Å²) < 4.78 is 0. The summed E-state index contributed by atoms with van der Waals surface area (Å²) in [7, 11) is 0. The van der Waals surface area contributed by atoms with E-state index in [1.54, 1.807) is 0 Å². The van der Waals surface area contributed by atoms with Crippen LogP contribution in [0.25, 0.3) is 0 Å². The molecule has 2 heterocycles. The van der Waals surface area contributed by atoms with E-state index in [4.69, 9.17) is 0 Å². The highest BCUT2D eigenvalue weighted by atomic mass is 15.2. The first kappa shape index (κ1) is 14.3. The van der Waals surface area contributed by atoms with Crippen LogP contribution in [0.4, 0.5) is 5.82 Å². The van der Waals surface area contributed by atoms with Crippen LogP contribution in [-0.2, 0) is 6.42 Å². The van der Waals surface area contributed by atoms with E-state index in [1.807, 2.05) is 6.07 Å². The maximum absolute atomic E-state index is 4.26. The summed E-state index contributed by atoms with van der Waals surface area (Å²) in [4.78, 5) is 0. The average molecular weight is 262 g/mol. The van der Waals surface area contributed by atoms with E-state index in [0.717, 1.165) is 30.4 Å². The van der Waals surface area contributed by atoms with Crippen LogP contribution in [0.1, 0.15) is 38.8 Å². The Morgan fingerprint density at radius 3 is 2.68 bits per heavy atom. The van der Waals surface area contributed by atoms with Crippen molar-refractivity contribution >= 4 is 5.82 Å². The monoisotopic (exact) mass is 262 g/mol. The lowest BCUT2D eigenvalue weighted by atomic mass is 9.95. The Hall–Kier alpha value is -1.16. The third-order valence-corrected chi connectivity index (χ3v) is 3.65. The van der Waals surface area contributed by atoms with E-state index in [2.05, 4.69) is 40.7 Å². The lowest BCUT2D eigenvalue weighted by molar-refractivity contribution is 0.361. The SMILES string of the molecule is CC(C)Cc1ccc(NCCC2CCNCC2)nn1. The normalized spacial score (nSPS) is 16.8. The zero-order chi connectivity index (χ0) is 13.5. The molecule has 4 nitrogen and oxygen atoms in total. The molecule has 4 heteroatoms. The van der Waals surface area contributed by atoms with Gasteiger partial charge in [0.1, 0.15) is 5.82 Å². The van der Waals surface area contributed by atoms with Gasteiger partial charge in [0.25, 0.3) is 0 Å². The number of rotatable bonds is 6. The highest BCUT2D eigenvalue weighted by Crippen LogP contribution is 2.15. The van der Waals surface area contributed by atoms with Crippen molar-refractivity contribution in [2.24, 2.45) is 11.8 Å². The molecule has 1 aromatic rings. The predicted molar refractivity (Wildman–Crippen MR) is 79.3 cm³/mol. The van der Waals surface area contributed by atoms with Crippen molar-refractivity contribution in [1.29, 1.82) is 0 Å². The fourth-order valence-electron chi connectivity index (χ4n) is 2.56. The first-order chi connectivity index (χ1) is 9.24. The summed E-state index contributed by atoms with van der Waals surface area (Å²) in [5.74, 6) is 2.40. The van der Waals surface area contributed by atoms with Crippen LogP contribution in [-0.4, -0.2) is 29.8 Å². The highest BCUT2D eigenvalue weighted by Gasteiger charge is 2.12. The first-order valence-electron chi connectivity index (χ1n) is 7.51. The van der Waals surface area contributed by atoms with E-state index in [9.17, 15) is 0 Å². The number of piperidine rings is 1. The minimum absolute atomic E-state index is 0.632. The van der Waals surface area contributed by atoms with Gasteiger partial charge >= 0.3 is 0 Å². The van der Waals surface area contributed by atoms with E-state index < -0.39 is 0 Å². The van der Waals surface area contributed by atoms with Gasteiger partial charge in [-0.05, 0) is 62.7 Å². The molecule has 1 aliphatic rings. The first-order valence-corrected chi connectivity index (χ1v) is 7.51. The average Bonchev–Trinajstić information content (AvgIpc) is 2.41. The van der Waals surface area contributed by atoms with E-state index in [0.29, 0.717) is 5.92 Å². The molecule has 0 atom stereocenters. The molecule has 0 amide bonds. The molecule has 0 bridgehead atoms. The summed E-state index contributed by atoms with van der Waals surface area (Å²) in [5.41, 5.74) is 1.08. The van der Waals surface area contributed by atoms with Gasteiger partial charge in [-0.2, -0.15) is 5.10 Å². The van der Waals surface area contributed by atoms with Crippen LogP contribution in [0.15, 0.2) is 12.1 Å². The fraction of sp³-hybridized carbons (Fsp3) is 0.733. The standard InChI is InChI=1S/C15H26N4/c1-12(2)11-14-3-4-15(19-18-14)17-10-7-13-5-8-16-9-6-13/h3-4,12-13,16H,5-11H2,1-2H3,(H,17,19). The lowest BCUT2D eigenvalue weighted by Crippen LogP contribution is -2.28. The predicted octanol–water partition coefficient (Wildman–Crippen LogP) is 2.48. The third kappa shape index (κ3) is 5.15. The fourth-order valence-corrected chi connectivity index (χ4v) is 2.56. The molecule has 1 fully saturated rings. The summed E-state index contributed by atoms with van der Waals surface area (Å²) in [5, 5.41) is 15.3. The summed E-state index contributed by atoms with van der Waals surface area (Å²) in [6.45, 7) is 7.76. The van der Waals surface area contributed by atoms with Crippen LogP contribution >= 0.6 is 0 Å². The molecule has 0 radical (unpaired) electrons. The van der Waals surface area contributed by atoms with Gasteiger partial charge in [-0.15, -0.1) is 5.10 Å². The van der Waals surface area contributed by atoms with Crippen LogP contribution in [0, 0.1) is 11.8 Å². The highest BCUT2D eigenvalue weighted by molar-refractivity contribution is 5.32. The Morgan fingerprint density at radius 2 is 2.05 bits per heavy atom. The van der Waals surface area contributed by atoms with Crippen LogP contribution < -0.4 is 10.6 Å². The molecule has 2 rings (SSSR count). The van der Waals surface area contributed by atoms with Gasteiger partial charge in [0.2, 0.25) is 0 Å². The Bertz CT molecular complexity index is 355. The van der Waals surface area contributed by atoms with Gasteiger partial charge in [-0.25, -0.2) is 0 Å². The van der Waals surface area contributed by atoms with E-state index in [-0.39, 0.29) is 0 Å². The van der Waals surface area contributed by atoms with Gasteiger partial charge < -0.3 is 10.6 Å². The van der Waals surface area contributed by atoms with Crippen molar-refractivity contribution in [3.63, 3.8) is 0 Å².